The highest BCUT2D eigenvalue weighted by atomic mass is 32.2. The standard InChI is InChI=1S/C15H16N4O3S/c1-9(23-15-16-8-7-13(21)19-15)14(22)18-12-5-3-11(4-6-12)17-10(2)20/h3-9H,1-2H3,(H,17,20)(H,18,22)(H,16,19,21)/t9-/m0/s1. The summed E-state index contributed by atoms with van der Waals surface area (Å²) < 4.78 is 0. The van der Waals surface area contributed by atoms with E-state index in [1.165, 1.54) is 19.2 Å². The van der Waals surface area contributed by atoms with Crippen LogP contribution in [-0.4, -0.2) is 27.0 Å². The van der Waals surface area contributed by atoms with Crippen LogP contribution >= 0.6 is 11.8 Å². The molecule has 1 aromatic carbocycles. The smallest absolute Gasteiger partial charge is 0.251 e. The lowest BCUT2D eigenvalue weighted by Gasteiger charge is -2.11. The van der Waals surface area contributed by atoms with Gasteiger partial charge in [0.1, 0.15) is 0 Å². The molecule has 0 saturated carbocycles. The van der Waals surface area contributed by atoms with Gasteiger partial charge in [-0.05, 0) is 31.2 Å². The molecule has 120 valence electrons. The van der Waals surface area contributed by atoms with Gasteiger partial charge in [-0.2, -0.15) is 0 Å². The average Bonchev–Trinajstić information content (AvgIpc) is 2.48. The maximum atomic E-state index is 12.1. The zero-order valence-electron chi connectivity index (χ0n) is 12.6. The van der Waals surface area contributed by atoms with Crippen LogP contribution in [0, 0.1) is 0 Å². The van der Waals surface area contributed by atoms with Crippen molar-refractivity contribution in [3.05, 3.63) is 46.9 Å². The molecule has 1 atom stereocenters. The molecular weight excluding hydrogens is 316 g/mol. The van der Waals surface area contributed by atoms with E-state index in [1.54, 1.807) is 31.2 Å². The lowest BCUT2D eigenvalue weighted by atomic mass is 10.2. The summed E-state index contributed by atoms with van der Waals surface area (Å²) in [5, 5.41) is 5.37. The third-order valence-electron chi connectivity index (χ3n) is 2.78. The van der Waals surface area contributed by atoms with Gasteiger partial charge >= 0.3 is 0 Å². The molecule has 0 unspecified atom stereocenters. The SMILES string of the molecule is CC(=O)Nc1ccc(NC(=O)[C@H](C)Sc2nccc(=O)[nH]2)cc1. The van der Waals surface area contributed by atoms with E-state index >= 15 is 0 Å². The van der Waals surface area contributed by atoms with Crippen molar-refractivity contribution < 1.29 is 9.59 Å². The molecule has 0 aliphatic heterocycles. The van der Waals surface area contributed by atoms with Crippen molar-refractivity contribution in [2.24, 2.45) is 0 Å². The molecule has 2 amide bonds. The van der Waals surface area contributed by atoms with Crippen molar-refractivity contribution in [3.8, 4) is 0 Å². The first-order chi connectivity index (χ1) is 10.9. The number of nitrogens with one attached hydrogen (secondary N) is 3. The number of carbonyl (C=O) groups is 2. The Kier molecular flexibility index (Phi) is 5.53. The molecule has 0 bridgehead atoms. The first-order valence-electron chi connectivity index (χ1n) is 6.84. The van der Waals surface area contributed by atoms with Crippen LogP contribution in [0.4, 0.5) is 11.4 Å². The van der Waals surface area contributed by atoms with E-state index in [2.05, 4.69) is 20.6 Å². The van der Waals surface area contributed by atoms with Crippen molar-refractivity contribution >= 4 is 35.0 Å². The average molecular weight is 332 g/mol. The Balaban J connectivity index is 1.95. The second-order valence-electron chi connectivity index (χ2n) is 4.75. The summed E-state index contributed by atoms with van der Waals surface area (Å²) in [5.41, 5.74) is 1.01. The van der Waals surface area contributed by atoms with E-state index in [1.807, 2.05) is 0 Å². The Labute approximate surface area is 136 Å². The zero-order chi connectivity index (χ0) is 16.8. The van der Waals surface area contributed by atoms with Crippen LogP contribution in [0.1, 0.15) is 13.8 Å². The van der Waals surface area contributed by atoms with Crippen molar-refractivity contribution in [1.82, 2.24) is 9.97 Å². The number of hydrogen-bond acceptors (Lipinski definition) is 5. The normalized spacial score (nSPS) is 11.6. The Morgan fingerprint density at radius 3 is 2.30 bits per heavy atom. The molecule has 2 rings (SSSR count). The Hall–Kier alpha value is -2.61. The van der Waals surface area contributed by atoms with Gasteiger partial charge in [-0.3, -0.25) is 14.4 Å². The third-order valence-corrected chi connectivity index (χ3v) is 3.78. The van der Waals surface area contributed by atoms with Crippen molar-refractivity contribution in [2.45, 2.75) is 24.3 Å². The van der Waals surface area contributed by atoms with Crippen LogP contribution in [0.5, 0.6) is 0 Å². The topological polar surface area (TPSA) is 104 Å². The van der Waals surface area contributed by atoms with Gasteiger partial charge in [0.25, 0.3) is 5.56 Å². The van der Waals surface area contributed by atoms with Crippen molar-refractivity contribution in [1.29, 1.82) is 0 Å². The molecule has 0 fully saturated rings. The number of thioether (sulfide) groups is 1. The fraction of sp³-hybridized carbons (Fsp3) is 0.200. The number of carbonyl (C=O) groups excluding carboxylic acids is 2. The van der Waals surface area contributed by atoms with E-state index < -0.39 is 5.25 Å². The highest BCUT2D eigenvalue weighted by Gasteiger charge is 2.15. The molecule has 0 radical (unpaired) electrons. The van der Waals surface area contributed by atoms with Crippen molar-refractivity contribution in [2.75, 3.05) is 10.6 Å². The minimum absolute atomic E-state index is 0.156. The van der Waals surface area contributed by atoms with Gasteiger partial charge in [0.2, 0.25) is 11.8 Å². The number of anilines is 2. The van der Waals surface area contributed by atoms with Gasteiger partial charge in [-0.25, -0.2) is 4.98 Å². The molecule has 1 aromatic heterocycles. The molecule has 23 heavy (non-hydrogen) atoms. The predicted octanol–water partition coefficient (Wildman–Crippen LogP) is 1.85. The van der Waals surface area contributed by atoms with Gasteiger partial charge in [0, 0.05) is 30.6 Å². The van der Waals surface area contributed by atoms with Gasteiger partial charge in [-0.15, -0.1) is 0 Å². The molecule has 3 N–H and O–H groups in total. The van der Waals surface area contributed by atoms with E-state index in [0.717, 1.165) is 11.8 Å². The first kappa shape index (κ1) is 16.8. The number of H-pyrrole nitrogens is 1. The predicted molar refractivity (Wildman–Crippen MR) is 89.6 cm³/mol. The fourth-order valence-electron chi connectivity index (χ4n) is 1.72. The quantitative estimate of drug-likeness (QED) is 0.572. The monoisotopic (exact) mass is 332 g/mol. The zero-order valence-corrected chi connectivity index (χ0v) is 13.4. The summed E-state index contributed by atoms with van der Waals surface area (Å²) in [5.74, 6) is -0.370. The van der Waals surface area contributed by atoms with Crippen LogP contribution in [0.15, 0.2) is 46.5 Å². The highest BCUT2D eigenvalue weighted by Crippen LogP contribution is 2.20. The van der Waals surface area contributed by atoms with Gasteiger partial charge < -0.3 is 15.6 Å². The molecule has 2 aromatic rings. The number of aromatic amines is 1. The van der Waals surface area contributed by atoms with Crippen LogP contribution in [0.2, 0.25) is 0 Å². The minimum Gasteiger partial charge on any atom is -0.326 e. The van der Waals surface area contributed by atoms with Crippen LogP contribution in [-0.2, 0) is 9.59 Å². The number of nitrogens with zero attached hydrogens (tertiary/aromatic N) is 1. The summed E-state index contributed by atoms with van der Waals surface area (Å²) in [7, 11) is 0. The molecular formula is C15H16N4O3S. The summed E-state index contributed by atoms with van der Waals surface area (Å²) in [4.78, 5) is 40.8. The van der Waals surface area contributed by atoms with Crippen LogP contribution in [0.25, 0.3) is 0 Å². The van der Waals surface area contributed by atoms with E-state index in [9.17, 15) is 14.4 Å². The van der Waals surface area contributed by atoms with E-state index in [-0.39, 0.29) is 17.4 Å². The fourth-order valence-corrected chi connectivity index (χ4v) is 2.50. The Morgan fingerprint density at radius 1 is 1.13 bits per heavy atom. The highest BCUT2D eigenvalue weighted by molar-refractivity contribution is 8.00. The van der Waals surface area contributed by atoms with Gasteiger partial charge in [0.15, 0.2) is 5.16 Å². The largest absolute Gasteiger partial charge is 0.326 e. The Morgan fingerprint density at radius 2 is 1.74 bits per heavy atom. The summed E-state index contributed by atoms with van der Waals surface area (Å²) in [6.07, 6.45) is 1.40. The van der Waals surface area contributed by atoms with Gasteiger partial charge in [-0.1, -0.05) is 11.8 Å². The van der Waals surface area contributed by atoms with E-state index in [0.29, 0.717) is 16.5 Å². The first-order valence-corrected chi connectivity index (χ1v) is 7.72. The third kappa shape index (κ3) is 5.26. The minimum atomic E-state index is -0.435. The van der Waals surface area contributed by atoms with Crippen LogP contribution < -0.4 is 16.2 Å². The maximum Gasteiger partial charge on any atom is 0.251 e. The molecule has 0 saturated heterocycles. The summed E-state index contributed by atoms with van der Waals surface area (Å²) in [6, 6.07) is 8.11. The van der Waals surface area contributed by atoms with E-state index in [4.69, 9.17) is 0 Å². The number of amides is 2. The maximum absolute atomic E-state index is 12.1. The molecule has 0 aliphatic rings. The molecule has 7 nitrogen and oxygen atoms in total. The van der Waals surface area contributed by atoms with Crippen LogP contribution in [0.3, 0.4) is 0 Å². The van der Waals surface area contributed by atoms with Crippen molar-refractivity contribution in [3.63, 3.8) is 0 Å². The molecule has 8 heteroatoms. The molecule has 0 aliphatic carbocycles. The number of aromatic nitrogens is 2. The lowest BCUT2D eigenvalue weighted by Crippen LogP contribution is -2.23. The second kappa shape index (κ2) is 7.59. The molecule has 1 heterocycles. The Bertz CT molecular complexity index is 758. The molecule has 0 spiro atoms. The number of rotatable bonds is 5. The second-order valence-corrected chi connectivity index (χ2v) is 6.08. The summed E-state index contributed by atoms with van der Waals surface area (Å²) >= 11 is 1.16. The van der Waals surface area contributed by atoms with Gasteiger partial charge in [0.05, 0.1) is 5.25 Å². The lowest BCUT2D eigenvalue weighted by molar-refractivity contribution is -0.115. The summed E-state index contributed by atoms with van der Waals surface area (Å²) in [6.45, 7) is 3.15. The number of benzene rings is 1. The number of hydrogen-bond donors (Lipinski definition) is 3.